The molecular formula is C24H32N2O3. The number of nitrogens with zero attached hydrogens (tertiary/aromatic N) is 1. The van der Waals surface area contributed by atoms with Crippen molar-refractivity contribution in [1.82, 2.24) is 10.2 Å². The molecule has 1 aliphatic heterocycles. The van der Waals surface area contributed by atoms with Gasteiger partial charge in [-0.2, -0.15) is 0 Å². The Bertz CT molecular complexity index is 836. The van der Waals surface area contributed by atoms with E-state index in [1.165, 1.54) is 16.7 Å². The van der Waals surface area contributed by atoms with Crippen LogP contribution < -0.4 is 14.8 Å². The van der Waals surface area contributed by atoms with E-state index in [0.29, 0.717) is 0 Å². The van der Waals surface area contributed by atoms with Crippen LogP contribution in [0.3, 0.4) is 0 Å². The molecule has 5 heteroatoms. The van der Waals surface area contributed by atoms with Gasteiger partial charge in [0, 0.05) is 25.0 Å². The number of hydrogen-bond acceptors (Lipinski definition) is 4. The summed E-state index contributed by atoms with van der Waals surface area (Å²) in [5.41, 5.74) is 3.72. The van der Waals surface area contributed by atoms with Crippen LogP contribution in [0.2, 0.25) is 0 Å². The highest BCUT2D eigenvalue weighted by Gasteiger charge is 2.34. The third-order valence-corrected chi connectivity index (χ3v) is 5.62. The van der Waals surface area contributed by atoms with Gasteiger partial charge in [0.1, 0.15) is 0 Å². The summed E-state index contributed by atoms with van der Waals surface area (Å²) < 4.78 is 11.1. The van der Waals surface area contributed by atoms with Crippen LogP contribution in [0.1, 0.15) is 43.5 Å². The molecule has 0 spiro atoms. The van der Waals surface area contributed by atoms with Gasteiger partial charge in [-0.25, -0.2) is 0 Å². The molecule has 156 valence electrons. The maximum absolute atomic E-state index is 12.4. The zero-order valence-electron chi connectivity index (χ0n) is 18.1. The summed E-state index contributed by atoms with van der Waals surface area (Å²) in [5.74, 6) is 1.50. The van der Waals surface area contributed by atoms with Crippen molar-refractivity contribution < 1.29 is 14.3 Å². The fraction of sp³-hybridized carbons (Fsp3) is 0.458. The highest BCUT2D eigenvalue weighted by atomic mass is 16.5. The van der Waals surface area contributed by atoms with Crippen LogP contribution >= 0.6 is 0 Å². The predicted molar refractivity (Wildman–Crippen MR) is 115 cm³/mol. The number of ether oxygens (including phenoxy) is 2. The lowest BCUT2D eigenvalue weighted by molar-refractivity contribution is -0.125. The van der Waals surface area contributed by atoms with Gasteiger partial charge >= 0.3 is 0 Å². The summed E-state index contributed by atoms with van der Waals surface area (Å²) in [5, 5.41) is 3.22. The zero-order chi connectivity index (χ0) is 21.0. The Balaban J connectivity index is 1.98. The standard InChI is InChI=1S/C24H32N2O3/c1-16(2)24(27)25-17(3)23-20-14-22(29-5)21(28-4)13-19(20)11-12-26(23)15-18-9-7-6-8-10-18/h6-10,13-14,16-17,23H,11-12,15H2,1-5H3,(H,25,27)/t17-,23+/m1/s1. The molecule has 0 aliphatic carbocycles. The van der Waals surface area contributed by atoms with E-state index in [9.17, 15) is 4.79 Å². The van der Waals surface area contributed by atoms with E-state index in [2.05, 4.69) is 53.5 Å². The molecule has 1 N–H and O–H groups in total. The number of methoxy groups -OCH3 is 2. The average molecular weight is 397 g/mol. The fourth-order valence-electron chi connectivity index (χ4n) is 4.08. The molecule has 1 aliphatic rings. The molecule has 2 aromatic carbocycles. The first kappa shape index (κ1) is 21.2. The number of fused-ring (bicyclic) bond motifs is 1. The fourth-order valence-corrected chi connectivity index (χ4v) is 4.08. The average Bonchev–Trinajstić information content (AvgIpc) is 2.72. The first-order valence-corrected chi connectivity index (χ1v) is 10.3. The summed E-state index contributed by atoms with van der Waals surface area (Å²) in [7, 11) is 3.32. The maximum atomic E-state index is 12.4. The van der Waals surface area contributed by atoms with Gasteiger partial charge in [0.15, 0.2) is 11.5 Å². The Morgan fingerprint density at radius 3 is 2.38 bits per heavy atom. The minimum absolute atomic E-state index is 0.0363. The Kier molecular flexibility index (Phi) is 6.80. The number of amides is 1. The summed E-state index contributed by atoms with van der Waals surface area (Å²) in [6.07, 6.45) is 0.934. The van der Waals surface area contributed by atoms with Crippen LogP contribution in [0.5, 0.6) is 11.5 Å². The lowest BCUT2D eigenvalue weighted by atomic mass is 9.87. The first-order chi connectivity index (χ1) is 13.9. The van der Waals surface area contributed by atoms with Gasteiger partial charge in [0.25, 0.3) is 0 Å². The molecule has 2 atom stereocenters. The molecule has 1 amide bonds. The lowest BCUT2D eigenvalue weighted by Crippen LogP contribution is -2.48. The molecule has 2 aromatic rings. The number of hydrogen-bond donors (Lipinski definition) is 1. The van der Waals surface area contributed by atoms with Gasteiger partial charge in [-0.1, -0.05) is 44.2 Å². The second-order valence-electron chi connectivity index (χ2n) is 8.01. The molecule has 29 heavy (non-hydrogen) atoms. The highest BCUT2D eigenvalue weighted by Crippen LogP contribution is 2.40. The van der Waals surface area contributed by atoms with Crippen molar-refractivity contribution in [3.8, 4) is 11.5 Å². The monoisotopic (exact) mass is 396 g/mol. The van der Waals surface area contributed by atoms with Crippen molar-refractivity contribution in [2.24, 2.45) is 5.92 Å². The van der Waals surface area contributed by atoms with Gasteiger partial charge in [-0.3, -0.25) is 9.69 Å². The molecule has 0 saturated heterocycles. The maximum Gasteiger partial charge on any atom is 0.222 e. The van der Waals surface area contributed by atoms with E-state index in [0.717, 1.165) is 31.0 Å². The molecule has 3 rings (SSSR count). The highest BCUT2D eigenvalue weighted by molar-refractivity contribution is 5.78. The van der Waals surface area contributed by atoms with Crippen molar-refractivity contribution in [2.75, 3.05) is 20.8 Å². The Morgan fingerprint density at radius 1 is 1.10 bits per heavy atom. The van der Waals surface area contributed by atoms with Gasteiger partial charge in [0.05, 0.1) is 20.3 Å². The van der Waals surface area contributed by atoms with Crippen LogP contribution in [0.4, 0.5) is 0 Å². The van der Waals surface area contributed by atoms with Crippen molar-refractivity contribution in [2.45, 2.75) is 45.8 Å². The summed E-state index contributed by atoms with van der Waals surface area (Å²) >= 11 is 0. The number of rotatable bonds is 7. The second kappa shape index (κ2) is 9.31. The smallest absolute Gasteiger partial charge is 0.222 e. The van der Waals surface area contributed by atoms with E-state index in [1.54, 1.807) is 14.2 Å². The Labute approximate surface area is 174 Å². The van der Waals surface area contributed by atoms with Crippen molar-refractivity contribution in [3.63, 3.8) is 0 Å². The van der Waals surface area contributed by atoms with Crippen LogP contribution in [-0.2, 0) is 17.8 Å². The normalized spacial score (nSPS) is 17.5. The SMILES string of the molecule is COc1cc2c(cc1OC)[C@H]([C@@H](C)NC(=O)C(C)C)N(Cc1ccccc1)CC2. The van der Waals surface area contributed by atoms with Crippen molar-refractivity contribution >= 4 is 5.91 Å². The number of carbonyl (C=O) groups is 1. The predicted octanol–water partition coefficient (Wildman–Crippen LogP) is 3.96. The molecule has 0 aromatic heterocycles. The van der Waals surface area contributed by atoms with E-state index >= 15 is 0 Å². The van der Waals surface area contributed by atoms with Crippen LogP contribution in [0.25, 0.3) is 0 Å². The van der Waals surface area contributed by atoms with Gasteiger partial charge in [-0.15, -0.1) is 0 Å². The van der Waals surface area contributed by atoms with Gasteiger partial charge in [0.2, 0.25) is 5.91 Å². The molecule has 0 radical (unpaired) electrons. The van der Waals surface area contributed by atoms with E-state index in [-0.39, 0.29) is 23.9 Å². The van der Waals surface area contributed by atoms with Crippen LogP contribution in [-0.4, -0.2) is 37.6 Å². The topological polar surface area (TPSA) is 50.8 Å². The Morgan fingerprint density at radius 2 is 1.76 bits per heavy atom. The van der Waals surface area contributed by atoms with Crippen LogP contribution in [0, 0.1) is 5.92 Å². The van der Waals surface area contributed by atoms with E-state index < -0.39 is 0 Å². The Hall–Kier alpha value is -2.53. The largest absolute Gasteiger partial charge is 0.493 e. The molecule has 0 fully saturated rings. The van der Waals surface area contributed by atoms with Crippen molar-refractivity contribution in [1.29, 1.82) is 0 Å². The minimum atomic E-state index is -0.0477. The molecule has 0 unspecified atom stereocenters. The molecule has 0 bridgehead atoms. The van der Waals surface area contributed by atoms with Gasteiger partial charge in [-0.05, 0) is 42.2 Å². The number of nitrogens with one attached hydrogen (secondary N) is 1. The summed E-state index contributed by atoms with van der Waals surface area (Å²) in [6, 6.07) is 14.7. The summed E-state index contributed by atoms with van der Waals surface area (Å²) in [4.78, 5) is 14.9. The van der Waals surface area contributed by atoms with E-state index in [1.807, 2.05) is 19.9 Å². The lowest BCUT2D eigenvalue weighted by Gasteiger charge is -2.41. The second-order valence-corrected chi connectivity index (χ2v) is 8.01. The minimum Gasteiger partial charge on any atom is -0.493 e. The molecular weight excluding hydrogens is 364 g/mol. The molecule has 0 saturated carbocycles. The van der Waals surface area contributed by atoms with Gasteiger partial charge < -0.3 is 14.8 Å². The van der Waals surface area contributed by atoms with Crippen LogP contribution in [0.15, 0.2) is 42.5 Å². The first-order valence-electron chi connectivity index (χ1n) is 10.3. The number of benzene rings is 2. The molecule has 5 nitrogen and oxygen atoms in total. The third-order valence-electron chi connectivity index (χ3n) is 5.62. The van der Waals surface area contributed by atoms with Crippen molar-refractivity contribution in [3.05, 3.63) is 59.2 Å². The van der Waals surface area contributed by atoms with E-state index in [4.69, 9.17) is 9.47 Å². The quantitative estimate of drug-likeness (QED) is 0.770. The summed E-state index contributed by atoms with van der Waals surface area (Å²) in [6.45, 7) is 7.69. The third kappa shape index (κ3) is 4.73. The molecule has 1 heterocycles. The zero-order valence-corrected chi connectivity index (χ0v) is 18.1. The number of carbonyl (C=O) groups excluding carboxylic acids is 1.